The van der Waals surface area contributed by atoms with Crippen LogP contribution in [0.25, 0.3) is 22.3 Å². The largest absolute Gasteiger partial charge is 0.482 e. The zero-order valence-electron chi connectivity index (χ0n) is 18.7. The molecule has 0 spiro atoms. The molecular formula is C28H30O3S. The van der Waals surface area contributed by atoms with Crippen molar-refractivity contribution in [1.29, 1.82) is 0 Å². The molecule has 3 nitrogen and oxygen atoms in total. The molecule has 0 aromatic heterocycles. The number of esters is 1. The Bertz CT molecular complexity index is 1050. The first kappa shape index (κ1) is 22.5. The second-order valence-electron chi connectivity index (χ2n) is 8.55. The van der Waals surface area contributed by atoms with Crippen LogP contribution in [0.1, 0.15) is 42.7 Å². The van der Waals surface area contributed by atoms with Crippen molar-refractivity contribution >= 4 is 18.6 Å². The fraction of sp³-hybridized carbons (Fsp3) is 0.321. The van der Waals surface area contributed by atoms with Crippen molar-refractivity contribution in [3.05, 3.63) is 77.9 Å². The van der Waals surface area contributed by atoms with Crippen LogP contribution < -0.4 is 4.74 Å². The molecule has 0 unspecified atom stereocenters. The molecule has 0 radical (unpaired) electrons. The highest BCUT2D eigenvalue weighted by molar-refractivity contribution is 7.80. The van der Waals surface area contributed by atoms with Crippen LogP contribution in [0.2, 0.25) is 0 Å². The van der Waals surface area contributed by atoms with E-state index in [1.54, 1.807) is 0 Å². The second kappa shape index (κ2) is 10.3. The summed E-state index contributed by atoms with van der Waals surface area (Å²) in [7, 11) is 1.36. The van der Waals surface area contributed by atoms with E-state index in [2.05, 4.69) is 72.0 Å². The van der Waals surface area contributed by atoms with Gasteiger partial charge in [-0.15, -0.1) is 0 Å². The number of rotatable bonds is 6. The monoisotopic (exact) mass is 446 g/mol. The fourth-order valence-electron chi connectivity index (χ4n) is 4.40. The molecule has 1 saturated carbocycles. The minimum atomic E-state index is -0.387. The predicted molar refractivity (Wildman–Crippen MR) is 134 cm³/mol. The summed E-state index contributed by atoms with van der Waals surface area (Å²) in [6, 6.07) is 23.7. The number of carbonyl (C=O) groups excluding carboxylic acids is 1. The lowest BCUT2D eigenvalue weighted by Crippen LogP contribution is -2.12. The Hall–Kier alpha value is -2.72. The zero-order chi connectivity index (χ0) is 22.5. The molecule has 3 aromatic rings. The summed E-state index contributed by atoms with van der Waals surface area (Å²) >= 11 is 4.62. The Morgan fingerprint density at radius 1 is 0.844 bits per heavy atom. The lowest BCUT2D eigenvalue weighted by molar-refractivity contribution is -0.142. The third-order valence-corrected chi connectivity index (χ3v) is 6.89. The number of aryl methyl sites for hydroxylation is 1. The van der Waals surface area contributed by atoms with Gasteiger partial charge in [0.1, 0.15) is 5.75 Å². The number of methoxy groups -OCH3 is 1. The first-order chi connectivity index (χ1) is 15.5. The highest BCUT2D eigenvalue weighted by Gasteiger charge is 2.20. The molecule has 1 fully saturated rings. The van der Waals surface area contributed by atoms with E-state index in [-0.39, 0.29) is 12.6 Å². The molecule has 4 heteroatoms. The maximum absolute atomic E-state index is 11.3. The molecule has 0 aliphatic heterocycles. The summed E-state index contributed by atoms with van der Waals surface area (Å²) in [5.41, 5.74) is 7.17. The average molecular weight is 447 g/mol. The van der Waals surface area contributed by atoms with Gasteiger partial charge >= 0.3 is 5.97 Å². The van der Waals surface area contributed by atoms with Crippen LogP contribution in [0.15, 0.2) is 66.7 Å². The van der Waals surface area contributed by atoms with E-state index < -0.39 is 0 Å². The van der Waals surface area contributed by atoms with Crippen molar-refractivity contribution in [1.82, 2.24) is 0 Å². The Kier molecular flexibility index (Phi) is 7.21. The van der Waals surface area contributed by atoms with Gasteiger partial charge in [-0.25, -0.2) is 4.79 Å². The Balaban J connectivity index is 1.44. The van der Waals surface area contributed by atoms with Crippen LogP contribution >= 0.6 is 12.6 Å². The van der Waals surface area contributed by atoms with Gasteiger partial charge < -0.3 is 9.47 Å². The molecule has 0 amide bonds. The number of ether oxygens (including phenoxy) is 2. The van der Waals surface area contributed by atoms with E-state index in [9.17, 15) is 4.79 Å². The summed E-state index contributed by atoms with van der Waals surface area (Å²) in [4.78, 5) is 11.3. The fourth-order valence-corrected chi connectivity index (χ4v) is 4.70. The van der Waals surface area contributed by atoms with Crippen molar-refractivity contribution < 1.29 is 14.3 Å². The van der Waals surface area contributed by atoms with Gasteiger partial charge in [0.25, 0.3) is 0 Å². The maximum atomic E-state index is 11.3. The number of benzene rings is 3. The standard InChI is InChI=1S/C28H30O3S/c1-19-17-25(13-16-27(19)31-18-28(29)30-2)24-9-7-21(8-10-24)20-3-5-22(6-4-20)23-11-14-26(32)15-12-23/h3-10,13,16-17,23,26,32H,11-12,14-15,18H2,1-2H3. The molecule has 1 aliphatic carbocycles. The summed E-state index contributed by atoms with van der Waals surface area (Å²) in [5, 5.41) is 0.580. The molecule has 0 atom stereocenters. The zero-order valence-corrected chi connectivity index (χ0v) is 19.6. The molecule has 0 saturated heterocycles. The average Bonchev–Trinajstić information content (AvgIpc) is 2.84. The molecular weight excluding hydrogens is 416 g/mol. The highest BCUT2D eigenvalue weighted by atomic mass is 32.1. The van der Waals surface area contributed by atoms with Crippen molar-refractivity contribution in [2.45, 2.75) is 43.8 Å². The number of thiol groups is 1. The first-order valence-corrected chi connectivity index (χ1v) is 11.7. The SMILES string of the molecule is COC(=O)COc1ccc(-c2ccc(-c3ccc(C4CCC(S)CC4)cc3)cc2)cc1C. The van der Waals surface area contributed by atoms with E-state index in [4.69, 9.17) is 4.74 Å². The van der Waals surface area contributed by atoms with Crippen LogP contribution in [0.5, 0.6) is 5.75 Å². The molecule has 0 bridgehead atoms. The summed E-state index contributed by atoms with van der Waals surface area (Å²) < 4.78 is 10.2. The van der Waals surface area contributed by atoms with Crippen LogP contribution in [0.3, 0.4) is 0 Å². The molecule has 166 valence electrons. The van der Waals surface area contributed by atoms with E-state index >= 15 is 0 Å². The number of hydrogen-bond donors (Lipinski definition) is 1. The minimum Gasteiger partial charge on any atom is -0.482 e. The van der Waals surface area contributed by atoms with Crippen LogP contribution in [0, 0.1) is 6.92 Å². The Morgan fingerprint density at radius 2 is 1.38 bits per heavy atom. The van der Waals surface area contributed by atoms with Gasteiger partial charge in [-0.3, -0.25) is 0 Å². The lowest BCUT2D eigenvalue weighted by atomic mass is 9.83. The first-order valence-electron chi connectivity index (χ1n) is 11.2. The van der Waals surface area contributed by atoms with E-state index in [0.717, 1.165) is 16.7 Å². The summed E-state index contributed by atoms with van der Waals surface area (Å²) in [6.07, 6.45) is 4.92. The van der Waals surface area contributed by atoms with Crippen molar-refractivity contribution in [3.63, 3.8) is 0 Å². The molecule has 0 heterocycles. The molecule has 32 heavy (non-hydrogen) atoms. The van der Waals surface area contributed by atoms with Gasteiger partial charge in [0.15, 0.2) is 6.61 Å². The highest BCUT2D eigenvalue weighted by Crippen LogP contribution is 2.36. The van der Waals surface area contributed by atoms with Gasteiger partial charge in [0, 0.05) is 5.25 Å². The van der Waals surface area contributed by atoms with Crippen molar-refractivity contribution in [2.75, 3.05) is 13.7 Å². The van der Waals surface area contributed by atoms with E-state index in [1.165, 1.54) is 49.5 Å². The third kappa shape index (κ3) is 5.36. The topological polar surface area (TPSA) is 35.5 Å². The Morgan fingerprint density at radius 3 is 1.94 bits per heavy atom. The quantitative estimate of drug-likeness (QED) is 0.333. The molecule has 3 aromatic carbocycles. The number of carbonyl (C=O) groups is 1. The molecule has 1 aliphatic rings. The van der Waals surface area contributed by atoms with Crippen molar-refractivity contribution in [3.8, 4) is 28.0 Å². The maximum Gasteiger partial charge on any atom is 0.343 e. The normalized spacial score (nSPS) is 18.2. The van der Waals surface area contributed by atoms with Crippen molar-refractivity contribution in [2.24, 2.45) is 0 Å². The van der Waals surface area contributed by atoms with Gasteiger partial charge in [-0.05, 0) is 84.0 Å². The van der Waals surface area contributed by atoms with Gasteiger partial charge in [-0.1, -0.05) is 54.6 Å². The van der Waals surface area contributed by atoms with Gasteiger partial charge in [0.05, 0.1) is 7.11 Å². The third-order valence-electron chi connectivity index (χ3n) is 6.38. The van der Waals surface area contributed by atoms with Crippen LogP contribution in [-0.2, 0) is 9.53 Å². The molecule has 4 rings (SSSR count). The second-order valence-corrected chi connectivity index (χ2v) is 9.28. The smallest absolute Gasteiger partial charge is 0.343 e. The summed E-state index contributed by atoms with van der Waals surface area (Å²) in [6.45, 7) is 1.90. The predicted octanol–water partition coefficient (Wildman–Crippen LogP) is 6.84. The summed E-state index contributed by atoms with van der Waals surface area (Å²) in [5.74, 6) is 0.985. The van der Waals surface area contributed by atoms with Crippen LogP contribution in [-0.4, -0.2) is 24.9 Å². The van der Waals surface area contributed by atoms with E-state index in [0.29, 0.717) is 16.9 Å². The Labute approximate surface area is 196 Å². The van der Waals surface area contributed by atoms with Gasteiger partial charge in [-0.2, -0.15) is 12.6 Å². The minimum absolute atomic E-state index is 0.0827. The van der Waals surface area contributed by atoms with Gasteiger partial charge in [0.2, 0.25) is 0 Å². The van der Waals surface area contributed by atoms with E-state index in [1.807, 2.05) is 19.1 Å². The van der Waals surface area contributed by atoms with Crippen LogP contribution in [0.4, 0.5) is 0 Å². The molecule has 0 N–H and O–H groups in total. The lowest BCUT2D eigenvalue weighted by Gasteiger charge is -2.26. The number of hydrogen-bond acceptors (Lipinski definition) is 4.